The number of nitrogens with zero attached hydrogens (tertiary/aromatic N) is 1. The molecule has 0 aliphatic rings. The molecule has 0 spiro atoms. The van der Waals surface area contributed by atoms with Gasteiger partial charge in [-0.1, -0.05) is 19.3 Å². The van der Waals surface area contributed by atoms with Crippen LogP contribution < -0.4 is 4.74 Å². The fourth-order valence-electron chi connectivity index (χ4n) is 1.82. The van der Waals surface area contributed by atoms with Crippen molar-refractivity contribution in [2.24, 2.45) is 0 Å². The summed E-state index contributed by atoms with van der Waals surface area (Å²) in [5.74, 6) is -0.795. The smallest absolute Gasteiger partial charge is 0.303 e. The van der Waals surface area contributed by atoms with Crippen LogP contribution in [0.15, 0.2) is 18.2 Å². The highest BCUT2D eigenvalue weighted by Crippen LogP contribution is 2.30. The summed E-state index contributed by atoms with van der Waals surface area (Å²) in [5, 5.41) is 28.6. The second-order valence-corrected chi connectivity index (χ2v) is 4.67. The summed E-state index contributed by atoms with van der Waals surface area (Å²) in [6, 6.07) is 3.65. The number of aromatic hydroxyl groups is 1. The van der Waals surface area contributed by atoms with Crippen molar-refractivity contribution in [3.63, 3.8) is 0 Å². The number of rotatable bonds is 10. The Labute approximate surface area is 122 Å². The summed E-state index contributed by atoms with van der Waals surface area (Å²) >= 11 is 0. The van der Waals surface area contributed by atoms with Crippen LogP contribution in [0.5, 0.6) is 11.5 Å². The first-order valence-corrected chi connectivity index (χ1v) is 6.82. The summed E-state index contributed by atoms with van der Waals surface area (Å²) in [7, 11) is 0. The van der Waals surface area contributed by atoms with E-state index < -0.39 is 10.9 Å². The highest BCUT2D eigenvalue weighted by Gasteiger charge is 2.11. The molecule has 0 aromatic heterocycles. The predicted octanol–water partition coefficient (Wildman–Crippen LogP) is 3.10. The van der Waals surface area contributed by atoms with Gasteiger partial charge in [0.25, 0.3) is 5.69 Å². The molecule has 0 bridgehead atoms. The van der Waals surface area contributed by atoms with Crippen LogP contribution in [0, 0.1) is 10.1 Å². The lowest BCUT2D eigenvalue weighted by Crippen LogP contribution is -1.99. The standard InChI is InChI=1S/C14H19NO6/c16-12-8-7-11(15(19)20)10-13(12)21-9-5-3-1-2-4-6-14(17)18/h7-8,10,16H,1-6,9H2,(H,17,18). The Bertz CT molecular complexity index is 488. The molecule has 0 aliphatic heterocycles. The lowest BCUT2D eigenvalue weighted by atomic mass is 10.1. The Morgan fingerprint density at radius 3 is 2.52 bits per heavy atom. The Morgan fingerprint density at radius 1 is 1.19 bits per heavy atom. The third-order valence-electron chi connectivity index (χ3n) is 2.95. The molecule has 0 aliphatic carbocycles. The molecule has 116 valence electrons. The van der Waals surface area contributed by atoms with Crippen molar-refractivity contribution in [3.05, 3.63) is 28.3 Å². The number of aliphatic carboxylic acids is 1. The topological polar surface area (TPSA) is 110 Å². The van der Waals surface area contributed by atoms with Crippen molar-refractivity contribution in [1.29, 1.82) is 0 Å². The molecule has 1 rings (SSSR count). The Morgan fingerprint density at radius 2 is 1.86 bits per heavy atom. The van der Waals surface area contributed by atoms with Crippen LogP contribution in [0.3, 0.4) is 0 Å². The zero-order valence-electron chi connectivity index (χ0n) is 11.7. The molecule has 1 aromatic carbocycles. The van der Waals surface area contributed by atoms with E-state index in [1.807, 2.05) is 0 Å². The summed E-state index contributed by atoms with van der Waals surface area (Å²) in [6.45, 7) is 0.355. The number of unbranched alkanes of at least 4 members (excludes halogenated alkanes) is 4. The van der Waals surface area contributed by atoms with Gasteiger partial charge in [-0.2, -0.15) is 0 Å². The predicted molar refractivity (Wildman–Crippen MR) is 75.6 cm³/mol. The fourth-order valence-corrected chi connectivity index (χ4v) is 1.82. The Balaban J connectivity index is 2.22. The quantitative estimate of drug-likeness (QED) is 0.390. The minimum absolute atomic E-state index is 0.107. The third kappa shape index (κ3) is 6.60. The molecule has 0 radical (unpaired) electrons. The normalized spacial score (nSPS) is 10.3. The molecule has 1 aromatic rings. The first-order chi connectivity index (χ1) is 10.0. The lowest BCUT2D eigenvalue weighted by molar-refractivity contribution is -0.385. The van der Waals surface area contributed by atoms with Crippen LogP contribution >= 0.6 is 0 Å². The number of non-ortho nitro benzene ring substituents is 1. The van der Waals surface area contributed by atoms with E-state index in [4.69, 9.17) is 9.84 Å². The van der Waals surface area contributed by atoms with E-state index in [9.17, 15) is 20.0 Å². The van der Waals surface area contributed by atoms with Gasteiger partial charge in [-0.25, -0.2) is 0 Å². The SMILES string of the molecule is O=C(O)CCCCCCCOc1cc([N+](=O)[O-])ccc1O. The molecular formula is C14H19NO6. The van der Waals surface area contributed by atoms with Gasteiger partial charge < -0.3 is 14.9 Å². The maximum absolute atomic E-state index is 10.6. The van der Waals surface area contributed by atoms with Crippen LogP contribution in [-0.2, 0) is 4.79 Å². The second-order valence-electron chi connectivity index (χ2n) is 4.67. The number of benzene rings is 1. The second kappa shape index (κ2) is 8.78. The van der Waals surface area contributed by atoms with Crippen LogP contribution in [0.25, 0.3) is 0 Å². The van der Waals surface area contributed by atoms with Crippen LogP contribution in [0.4, 0.5) is 5.69 Å². The van der Waals surface area contributed by atoms with Gasteiger partial charge in [0.2, 0.25) is 0 Å². The van der Waals surface area contributed by atoms with E-state index in [1.165, 1.54) is 18.2 Å². The average molecular weight is 297 g/mol. The van der Waals surface area contributed by atoms with Crippen LogP contribution in [0.1, 0.15) is 38.5 Å². The zero-order valence-corrected chi connectivity index (χ0v) is 11.7. The molecule has 21 heavy (non-hydrogen) atoms. The zero-order chi connectivity index (χ0) is 15.7. The van der Waals surface area contributed by atoms with E-state index in [1.54, 1.807) is 0 Å². The molecule has 0 saturated carbocycles. The van der Waals surface area contributed by atoms with Crippen molar-refractivity contribution in [1.82, 2.24) is 0 Å². The Hall–Kier alpha value is -2.31. The third-order valence-corrected chi connectivity index (χ3v) is 2.95. The largest absolute Gasteiger partial charge is 0.504 e. The molecular weight excluding hydrogens is 278 g/mol. The molecule has 0 heterocycles. The van der Waals surface area contributed by atoms with E-state index in [0.717, 1.165) is 25.7 Å². The molecule has 0 amide bonds. The number of carboxylic acid groups (broad SMARTS) is 1. The van der Waals surface area contributed by atoms with Crippen molar-refractivity contribution in [2.45, 2.75) is 38.5 Å². The summed E-state index contributed by atoms with van der Waals surface area (Å²) in [4.78, 5) is 20.4. The minimum atomic E-state index is -0.778. The van der Waals surface area contributed by atoms with Gasteiger partial charge in [0, 0.05) is 12.5 Å². The molecule has 0 fully saturated rings. The van der Waals surface area contributed by atoms with Gasteiger partial charge in [-0.15, -0.1) is 0 Å². The van der Waals surface area contributed by atoms with Crippen LogP contribution in [-0.4, -0.2) is 27.7 Å². The number of hydrogen-bond acceptors (Lipinski definition) is 5. The van der Waals surface area contributed by atoms with E-state index in [0.29, 0.717) is 13.0 Å². The van der Waals surface area contributed by atoms with Crippen molar-refractivity contribution >= 4 is 11.7 Å². The number of nitro groups is 1. The minimum Gasteiger partial charge on any atom is -0.504 e. The molecule has 7 heteroatoms. The molecule has 0 atom stereocenters. The summed E-state index contributed by atoms with van der Waals surface area (Å²) in [6.07, 6.45) is 4.26. The molecule has 0 saturated heterocycles. The van der Waals surface area contributed by atoms with E-state index in [-0.39, 0.29) is 23.6 Å². The van der Waals surface area contributed by atoms with Gasteiger partial charge in [0.15, 0.2) is 11.5 Å². The number of carboxylic acids is 1. The summed E-state index contributed by atoms with van der Waals surface area (Å²) < 4.78 is 5.32. The van der Waals surface area contributed by atoms with Gasteiger partial charge >= 0.3 is 5.97 Å². The van der Waals surface area contributed by atoms with Crippen LogP contribution in [0.2, 0.25) is 0 Å². The Kier molecular flexibility index (Phi) is 7.00. The van der Waals surface area contributed by atoms with Gasteiger partial charge in [-0.05, 0) is 18.9 Å². The van der Waals surface area contributed by atoms with Crippen molar-refractivity contribution < 1.29 is 24.7 Å². The number of ether oxygens (including phenoxy) is 1. The summed E-state index contributed by atoms with van der Waals surface area (Å²) in [5.41, 5.74) is -0.128. The lowest BCUT2D eigenvalue weighted by Gasteiger charge is -2.07. The number of phenols is 1. The maximum Gasteiger partial charge on any atom is 0.303 e. The van der Waals surface area contributed by atoms with E-state index in [2.05, 4.69) is 0 Å². The molecule has 7 nitrogen and oxygen atoms in total. The fraction of sp³-hybridized carbons (Fsp3) is 0.500. The number of nitro benzene ring substituents is 1. The number of carbonyl (C=O) groups is 1. The van der Waals surface area contributed by atoms with E-state index >= 15 is 0 Å². The average Bonchev–Trinajstić information content (AvgIpc) is 2.43. The monoisotopic (exact) mass is 297 g/mol. The first kappa shape index (κ1) is 16.7. The van der Waals surface area contributed by atoms with Gasteiger partial charge in [0.1, 0.15) is 0 Å². The van der Waals surface area contributed by atoms with Gasteiger partial charge in [-0.3, -0.25) is 14.9 Å². The maximum atomic E-state index is 10.6. The molecule has 0 unspecified atom stereocenters. The van der Waals surface area contributed by atoms with Crippen molar-refractivity contribution in [2.75, 3.05) is 6.61 Å². The first-order valence-electron chi connectivity index (χ1n) is 6.82. The highest BCUT2D eigenvalue weighted by atomic mass is 16.6. The number of phenolic OH excluding ortho intramolecular Hbond substituents is 1. The van der Waals surface area contributed by atoms with Gasteiger partial charge in [0.05, 0.1) is 17.6 Å². The van der Waals surface area contributed by atoms with Crippen molar-refractivity contribution in [3.8, 4) is 11.5 Å². The highest BCUT2D eigenvalue weighted by molar-refractivity contribution is 5.66. The molecule has 2 N–H and O–H groups in total. The number of hydrogen-bond donors (Lipinski definition) is 2.